The van der Waals surface area contributed by atoms with Crippen molar-refractivity contribution >= 4 is 5.91 Å². The Morgan fingerprint density at radius 3 is 2.31 bits per heavy atom. The Bertz CT molecular complexity index is 149. The molecule has 1 N–H and O–H groups in total. The van der Waals surface area contributed by atoms with Crippen molar-refractivity contribution < 1.29 is 14.3 Å². The lowest BCUT2D eigenvalue weighted by molar-refractivity contribution is -0.122. The molecule has 0 saturated heterocycles. The maximum Gasteiger partial charge on any atom is 0.220 e. The largest absolute Gasteiger partial charge is 0.382 e. The molecule has 0 aromatic heterocycles. The number of hydrogen-bond donors (Lipinski definition) is 1. The summed E-state index contributed by atoms with van der Waals surface area (Å²) >= 11 is 0. The highest BCUT2D eigenvalue weighted by Crippen LogP contribution is 1.97. The van der Waals surface area contributed by atoms with Crippen molar-refractivity contribution in [3.8, 4) is 0 Å². The highest BCUT2D eigenvalue weighted by atomic mass is 16.5. The summed E-state index contributed by atoms with van der Waals surface area (Å²) in [5.41, 5.74) is 0. The van der Waals surface area contributed by atoms with Crippen LogP contribution in [-0.2, 0) is 14.3 Å². The van der Waals surface area contributed by atoms with Gasteiger partial charge in [-0.15, -0.1) is 0 Å². The lowest BCUT2D eigenvalue weighted by Gasteiger charge is -2.07. The third-order valence-electron chi connectivity index (χ3n) is 1.59. The second kappa shape index (κ2) is 14.4. The summed E-state index contributed by atoms with van der Waals surface area (Å²) in [5.74, 6) is 0.500. The van der Waals surface area contributed by atoms with Crippen molar-refractivity contribution in [2.45, 2.75) is 34.1 Å². The fourth-order valence-electron chi connectivity index (χ4n) is 0.950. The second-order valence-corrected chi connectivity index (χ2v) is 3.55. The van der Waals surface area contributed by atoms with Crippen molar-refractivity contribution in [2.24, 2.45) is 5.92 Å². The molecule has 0 rings (SSSR count). The molecule has 0 atom stereocenters. The number of ether oxygens (including phenoxy) is 2. The van der Waals surface area contributed by atoms with Gasteiger partial charge < -0.3 is 14.8 Å². The van der Waals surface area contributed by atoms with Gasteiger partial charge in [0, 0.05) is 20.1 Å². The summed E-state index contributed by atoms with van der Waals surface area (Å²) in [7, 11) is 1.63. The average Bonchev–Trinajstić information content (AvgIpc) is 2.25. The Morgan fingerprint density at radius 2 is 1.81 bits per heavy atom. The summed E-state index contributed by atoms with van der Waals surface area (Å²) in [6.07, 6.45) is 0.581. The summed E-state index contributed by atoms with van der Waals surface area (Å²) < 4.78 is 10.00. The Labute approximate surface area is 99.7 Å². The summed E-state index contributed by atoms with van der Waals surface area (Å²) in [4.78, 5) is 11.2. The van der Waals surface area contributed by atoms with E-state index in [0.29, 0.717) is 38.7 Å². The molecule has 0 aliphatic rings. The van der Waals surface area contributed by atoms with E-state index in [1.54, 1.807) is 7.11 Å². The Balaban J connectivity index is 0. The third-order valence-corrected chi connectivity index (χ3v) is 1.59. The van der Waals surface area contributed by atoms with E-state index in [-0.39, 0.29) is 5.91 Å². The minimum Gasteiger partial charge on any atom is -0.382 e. The van der Waals surface area contributed by atoms with Crippen LogP contribution >= 0.6 is 0 Å². The molecule has 0 saturated carbocycles. The van der Waals surface area contributed by atoms with Gasteiger partial charge in [0.25, 0.3) is 0 Å². The van der Waals surface area contributed by atoms with Gasteiger partial charge in [-0.2, -0.15) is 0 Å². The summed E-state index contributed by atoms with van der Waals surface area (Å²) in [5, 5.41) is 2.79. The van der Waals surface area contributed by atoms with Gasteiger partial charge in [0.15, 0.2) is 0 Å². The molecule has 4 nitrogen and oxygen atoms in total. The molecule has 0 aliphatic carbocycles. The van der Waals surface area contributed by atoms with Crippen molar-refractivity contribution in [2.75, 3.05) is 33.5 Å². The highest BCUT2D eigenvalue weighted by molar-refractivity contribution is 5.75. The summed E-state index contributed by atoms with van der Waals surface area (Å²) in [6.45, 7) is 10.3. The van der Waals surface area contributed by atoms with Gasteiger partial charge in [-0.25, -0.2) is 0 Å². The van der Waals surface area contributed by atoms with E-state index >= 15 is 0 Å². The molecule has 0 heterocycles. The smallest absolute Gasteiger partial charge is 0.220 e. The predicted molar refractivity (Wildman–Crippen MR) is 66.5 cm³/mol. The predicted octanol–water partition coefficient (Wildman–Crippen LogP) is 1.84. The van der Waals surface area contributed by atoms with Crippen LogP contribution < -0.4 is 5.32 Å². The van der Waals surface area contributed by atoms with Crippen LogP contribution in [0.25, 0.3) is 0 Å². The Kier molecular flexibility index (Phi) is 16.0. The molecule has 4 heteroatoms. The summed E-state index contributed by atoms with van der Waals surface area (Å²) in [6, 6.07) is 0. The first-order valence-corrected chi connectivity index (χ1v) is 6.00. The quantitative estimate of drug-likeness (QED) is 0.651. The zero-order chi connectivity index (χ0) is 12.8. The number of nitrogens with one attached hydrogen (secondary N) is 1. The zero-order valence-corrected chi connectivity index (χ0v) is 11.3. The van der Waals surface area contributed by atoms with Crippen LogP contribution in [0.5, 0.6) is 0 Å². The fourth-order valence-corrected chi connectivity index (χ4v) is 0.950. The van der Waals surface area contributed by atoms with Crippen molar-refractivity contribution in [3.05, 3.63) is 0 Å². The molecular formula is C12H27NO3. The molecular weight excluding hydrogens is 206 g/mol. The molecule has 0 fully saturated rings. The molecule has 98 valence electrons. The number of carbonyl (C=O) groups excluding carboxylic acids is 1. The van der Waals surface area contributed by atoms with E-state index in [4.69, 9.17) is 9.47 Å². The number of methoxy groups -OCH3 is 1. The van der Waals surface area contributed by atoms with Gasteiger partial charge >= 0.3 is 0 Å². The lowest BCUT2D eigenvalue weighted by Crippen LogP contribution is -2.28. The lowest BCUT2D eigenvalue weighted by atomic mass is 10.1. The van der Waals surface area contributed by atoms with E-state index in [1.807, 2.05) is 27.7 Å². The minimum absolute atomic E-state index is 0.0929. The van der Waals surface area contributed by atoms with E-state index in [0.717, 1.165) is 0 Å². The molecule has 0 aliphatic heterocycles. The molecule has 0 unspecified atom stereocenters. The van der Waals surface area contributed by atoms with Crippen LogP contribution in [0.1, 0.15) is 34.1 Å². The second-order valence-electron chi connectivity index (χ2n) is 3.55. The van der Waals surface area contributed by atoms with E-state index in [9.17, 15) is 4.79 Å². The standard InChI is InChI=1S/C10H21NO3.C2H6/c1-9(2)8-10(12)11-4-5-14-7-6-13-3;1-2/h9H,4-8H2,1-3H3,(H,11,12);1-2H3. The maximum atomic E-state index is 11.2. The van der Waals surface area contributed by atoms with Gasteiger partial charge in [-0.3, -0.25) is 4.79 Å². The zero-order valence-electron chi connectivity index (χ0n) is 11.3. The fraction of sp³-hybridized carbons (Fsp3) is 0.917. The van der Waals surface area contributed by atoms with Crippen LogP contribution in [-0.4, -0.2) is 39.4 Å². The Morgan fingerprint density at radius 1 is 1.19 bits per heavy atom. The molecule has 1 amide bonds. The first-order chi connectivity index (χ1) is 7.66. The molecule has 0 spiro atoms. The van der Waals surface area contributed by atoms with E-state index in [2.05, 4.69) is 5.32 Å². The van der Waals surface area contributed by atoms with Crippen LogP contribution in [0.4, 0.5) is 0 Å². The normalized spacial score (nSPS) is 9.62. The van der Waals surface area contributed by atoms with Crippen molar-refractivity contribution in [1.29, 1.82) is 0 Å². The Hall–Kier alpha value is -0.610. The van der Waals surface area contributed by atoms with Gasteiger partial charge in [0.2, 0.25) is 5.91 Å². The average molecular weight is 233 g/mol. The SMILES string of the molecule is CC.COCCOCCNC(=O)CC(C)C. The van der Waals surface area contributed by atoms with Crippen LogP contribution in [0.15, 0.2) is 0 Å². The molecule has 0 bridgehead atoms. The third kappa shape index (κ3) is 15.8. The van der Waals surface area contributed by atoms with E-state index < -0.39 is 0 Å². The highest BCUT2D eigenvalue weighted by Gasteiger charge is 2.02. The van der Waals surface area contributed by atoms with Gasteiger partial charge in [-0.05, 0) is 5.92 Å². The molecule has 0 aromatic carbocycles. The number of amides is 1. The van der Waals surface area contributed by atoms with Gasteiger partial charge in [0.05, 0.1) is 19.8 Å². The maximum absolute atomic E-state index is 11.2. The number of carbonyl (C=O) groups is 1. The molecule has 0 aromatic rings. The van der Waals surface area contributed by atoms with E-state index in [1.165, 1.54) is 0 Å². The first kappa shape index (κ1) is 17.8. The monoisotopic (exact) mass is 233 g/mol. The first-order valence-electron chi connectivity index (χ1n) is 6.00. The minimum atomic E-state index is 0.0929. The van der Waals surface area contributed by atoms with Crippen LogP contribution in [0.2, 0.25) is 0 Å². The van der Waals surface area contributed by atoms with Crippen molar-refractivity contribution in [1.82, 2.24) is 5.32 Å². The van der Waals surface area contributed by atoms with Crippen molar-refractivity contribution in [3.63, 3.8) is 0 Å². The number of hydrogen-bond acceptors (Lipinski definition) is 3. The van der Waals surface area contributed by atoms with Crippen LogP contribution in [0.3, 0.4) is 0 Å². The molecule has 16 heavy (non-hydrogen) atoms. The molecule has 0 radical (unpaired) electrons. The van der Waals surface area contributed by atoms with Crippen LogP contribution in [0, 0.1) is 5.92 Å². The van der Waals surface area contributed by atoms with Gasteiger partial charge in [-0.1, -0.05) is 27.7 Å². The topological polar surface area (TPSA) is 47.6 Å². The van der Waals surface area contributed by atoms with Gasteiger partial charge in [0.1, 0.15) is 0 Å². The number of rotatable bonds is 8.